The molecule has 3 amide bonds. The number of anilines is 1. The monoisotopic (exact) mass is 425 g/mol. The van der Waals surface area contributed by atoms with Crippen molar-refractivity contribution in [1.29, 1.82) is 0 Å². The fourth-order valence-corrected chi connectivity index (χ4v) is 4.69. The quantitative estimate of drug-likeness (QED) is 0.737. The van der Waals surface area contributed by atoms with Crippen LogP contribution in [0.5, 0.6) is 5.75 Å². The van der Waals surface area contributed by atoms with Crippen LogP contribution >= 0.6 is 0 Å². The molecule has 2 aliphatic rings. The predicted molar refractivity (Wildman–Crippen MR) is 117 cm³/mol. The number of urea groups is 1. The third-order valence-corrected chi connectivity index (χ3v) is 6.07. The van der Waals surface area contributed by atoms with E-state index in [1.54, 1.807) is 36.4 Å². The van der Waals surface area contributed by atoms with Crippen molar-refractivity contribution in [3.8, 4) is 5.75 Å². The van der Waals surface area contributed by atoms with Crippen molar-refractivity contribution < 1.29 is 18.7 Å². The first kappa shape index (κ1) is 21.2. The van der Waals surface area contributed by atoms with E-state index in [-0.39, 0.29) is 35.9 Å². The molecule has 2 bridgehead atoms. The Morgan fingerprint density at radius 3 is 2.29 bits per heavy atom. The highest BCUT2D eigenvalue weighted by atomic mass is 19.1. The number of nitrogens with one attached hydrogen (secondary N) is 2. The number of amides is 3. The van der Waals surface area contributed by atoms with Crippen LogP contribution in [0.25, 0.3) is 0 Å². The Morgan fingerprint density at radius 2 is 1.68 bits per heavy atom. The average Bonchev–Trinajstić information content (AvgIpc) is 2.75. The van der Waals surface area contributed by atoms with Crippen LogP contribution in [0.4, 0.5) is 14.9 Å². The maximum absolute atomic E-state index is 13.1. The van der Waals surface area contributed by atoms with Crippen LogP contribution in [0.2, 0.25) is 0 Å². The van der Waals surface area contributed by atoms with E-state index in [1.807, 2.05) is 11.8 Å². The van der Waals surface area contributed by atoms with Crippen molar-refractivity contribution in [2.24, 2.45) is 0 Å². The topological polar surface area (TPSA) is 70.7 Å². The van der Waals surface area contributed by atoms with Crippen LogP contribution in [-0.4, -0.2) is 41.6 Å². The summed E-state index contributed by atoms with van der Waals surface area (Å²) in [5, 5.41) is 6.04. The molecule has 2 fully saturated rings. The number of fused-ring (bicyclic) bond motifs is 2. The summed E-state index contributed by atoms with van der Waals surface area (Å²) < 4.78 is 18.6. The lowest BCUT2D eigenvalue weighted by molar-refractivity contribution is 0.0577. The van der Waals surface area contributed by atoms with Gasteiger partial charge in [-0.05, 0) is 87.6 Å². The first-order chi connectivity index (χ1) is 15.0. The fourth-order valence-electron chi connectivity index (χ4n) is 4.69. The summed E-state index contributed by atoms with van der Waals surface area (Å²) in [6.07, 6.45) is 4.38. The smallest absolute Gasteiger partial charge is 0.322 e. The number of piperidine rings is 2. The zero-order chi connectivity index (χ0) is 21.8. The minimum atomic E-state index is -0.334. The molecule has 4 rings (SSSR count). The maximum atomic E-state index is 13.1. The Labute approximate surface area is 181 Å². The third kappa shape index (κ3) is 4.98. The van der Waals surface area contributed by atoms with Crippen LogP contribution in [0, 0.1) is 5.82 Å². The zero-order valence-electron chi connectivity index (χ0n) is 17.6. The molecule has 2 heterocycles. The molecule has 2 aromatic rings. The second kappa shape index (κ2) is 9.37. The number of hydrogen-bond acceptors (Lipinski definition) is 3. The van der Waals surface area contributed by atoms with Gasteiger partial charge in [-0.25, -0.2) is 9.18 Å². The number of rotatable bonds is 5. The summed E-state index contributed by atoms with van der Waals surface area (Å²) in [6.45, 7) is 2.51. The number of carbonyl (C=O) groups is 2. The van der Waals surface area contributed by atoms with E-state index in [2.05, 4.69) is 10.6 Å². The lowest BCUT2D eigenvalue weighted by atomic mass is 9.82. The number of benzene rings is 2. The summed E-state index contributed by atoms with van der Waals surface area (Å²) in [4.78, 5) is 27.6. The van der Waals surface area contributed by atoms with Gasteiger partial charge in [-0.15, -0.1) is 0 Å². The molecule has 2 saturated heterocycles. The summed E-state index contributed by atoms with van der Waals surface area (Å²) in [5.41, 5.74) is 1.18. The molecule has 0 saturated carbocycles. The first-order valence-electron chi connectivity index (χ1n) is 10.9. The molecular formula is C24H28FN3O3. The lowest BCUT2D eigenvalue weighted by Crippen LogP contribution is -2.59. The number of ether oxygens (including phenoxy) is 1. The van der Waals surface area contributed by atoms with Gasteiger partial charge < -0.3 is 20.3 Å². The molecule has 7 heteroatoms. The molecule has 2 atom stereocenters. The molecule has 0 radical (unpaired) electrons. The van der Waals surface area contributed by atoms with Gasteiger partial charge in [0.1, 0.15) is 11.6 Å². The Balaban J connectivity index is 1.37. The highest BCUT2D eigenvalue weighted by molar-refractivity contribution is 5.94. The fraction of sp³-hybridized carbons (Fsp3) is 0.417. The van der Waals surface area contributed by atoms with Crippen LogP contribution < -0.4 is 15.4 Å². The molecule has 2 aliphatic heterocycles. The Hall–Kier alpha value is -3.09. The van der Waals surface area contributed by atoms with Gasteiger partial charge in [-0.2, -0.15) is 0 Å². The van der Waals surface area contributed by atoms with E-state index >= 15 is 0 Å². The SMILES string of the molecule is CCOc1ccc(C(=O)NC2CC3CCCC(C2)N3C(=O)Nc2ccc(F)cc2)cc1. The highest BCUT2D eigenvalue weighted by Crippen LogP contribution is 2.34. The number of halogens is 1. The Bertz CT molecular complexity index is 903. The van der Waals surface area contributed by atoms with E-state index < -0.39 is 0 Å². The number of hydrogen-bond donors (Lipinski definition) is 2. The van der Waals surface area contributed by atoms with Crippen LogP contribution in [0.1, 0.15) is 49.4 Å². The minimum Gasteiger partial charge on any atom is -0.494 e. The van der Waals surface area contributed by atoms with Gasteiger partial charge in [0.15, 0.2) is 0 Å². The van der Waals surface area contributed by atoms with Crippen molar-refractivity contribution in [1.82, 2.24) is 10.2 Å². The van der Waals surface area contributed by atoms with E-state index in [0.29, 0.717) is 17.9 Å². The number of carbonyl (C=O) groups excluding carboxylic acids is 2. The van der Waals surface area contributed by atoms with E-state index in [9.17, 15) is 14.0 Å². The predicted octanol–water partition coefficient (Wildman–Crippen LogP) is 4.57. The molecule has 0 aromatic heterocycles. The van der Waals surface area contributed by atoms with Gasteiger partial charge >= 0.3 is 6.03 Å². The zero-order valence-corrected chi connectivity index (χ0v) is 17.6. The first-order valence-corrected chi connectivity index (χ1v) is 10.9. The molecule has 164 valence electrons. The Morgan fingerprint density at radius 1 is 1.03 bits per heavy atom. The van der Waals surface area contributed by atoms with E-state index in [4.69, 9.17) is 4.74 Å². The molecule has 2 aromatic carbocycles. The molecule has 2 N–H and O–H groups in total. The second-order valence-corrected chi connectivity index (χ2v) is 8.18. The van der Waals surface area contributed by atoms with Crippen molar-refractivity contribution in [3.05, 3.63) is 59.9 Å². The van der Waals surface area contributed by atoms with Crippen molar-refractivity contribution >= 4 is 17.6 Å². The van der Waals surface area contributed by atoms with Crippen LogP contribution in [-0.2, 0) is 0 Å². The summed E-state index contributed by atoms with van der Waals surface area (Å²) in [6, 6.07) is 13.0. The Kier molecular flexibility index (Phi) is 6.39. The van der Waals surface area contributed by atoms with E-state index in [1.165, 1.54) is 12.1 Å². The van der Waals surface area contributed by atoms with E-state index in [0.717, 1.165) is 37.9 Å². The van der Waals surface area contributed by atoms with Crippen molar-refractivity contribution in [2.45, 2.75) is 57.2 Å². The molecule has 31 heavy (non-hydrogen) atoms. The summed E-state index contributed by atoms with van der Waals surface area (Å²) >= 11 is 0. The summed E-state index contributed by atoms with van der Waals surface area (Å²) in [5.74, 6) is 0.309. The van der Waals surface area contributed by atoms with Gasteiger partial charge in [0.05, 0.1) is 6.61 Å². The van der Waals surface area contributed by atoms with Gasteiger partial charge in [0.25, 0.3) is 5.91 Å². The normalized spacial score (nSPS) is 22.5. The molecule has 0 spiro atoms. The van der Waals surface area contributed by atoms with Crippen LogP contribution in [0.3, 0.4) is 0 Å². The lowest BCUT2D eigenvalue weighted by Gasteiger charge is -2.48. The standard InChI is InChI=1S/C24H28FN3O3/c1-2-31-22-12-6-16(7-13-22)23(29)26-19-14-20-4-3-5-21(15-19)28(20)24(30)27-18-10-8-17(25)9-11-18/h6-13,19-21H,2-5,14-15H2,1H3,(H,26,29)(H,27,30). The van der Waals surface area contributed by atoms with Crippen molar-refractivity contribution in [2.75, 3.05) is 11.9 Å². The largest absolute Gasteiger partial charge is 0.494 e. The number of nitrogens with zero attached hydrogens (tertiary/aromatic N) is 1. The van der Waals surface area contributed by atoms with Crippen molar-refractivity contribution in [3.63, 3.8) is 0 Å². The molecule has 2 unspecified atom stereocenters. The molecule has 6 nitrogen and oxygen atoms in total. The van der Waals surface area contributed by atoms with Gasteiger partial charge in [-0.3, -0.25) is 4.79 Å². The average molecular weight is 426 g/mol. The van der Waals surface area contributed by atoms with Gasteiger partial charge in [-0.1, -0.05) is 0 Å². The van der Waals surface area contributed by atoms with Crippen LogP contribution in [0.15, 0.2) is 48.5 Å². The second-order valence-electron chi connectivity index (χ2n) is 8.18. The minimum absolute atomic E-state index is 0.0317. The molecular weight excluding hydrogens is 397 g/mol. The maximum Gasteiger partial charge on any atom is 0.322 e. The summed E-state index contributed by atoms with van der Waals surface area (Å²) in [7, 11) is 0. The molecule has 0 aliphatic carbocycles. The third-order valence-electron chi connectivity index (χ3n) is 6.07. The van der Waals surface area contributed by atoms with Gasteiger partial charge in [0.2, 0.25) is 0 Å². The van der Waals surface area contributed by atoms with Gasteiger partial charge in [0, 0.05) is 29.4 Å². The highest BCUT2D eigenvalue weighted by Gasteiger charge is 2.41.